The van der Waals surface area contributed by atoms with Crippen molar-refractivity contribution in [1.82, 2.24) is 10.2 Å². The number of thioether (sulfide) groups is 1. The van der Waals surface area contributed by atoms with Crippen molar-refractivity contribution in [2.45, 2.75) is 45.9 Å². The van der Waals surface area contributed by atoms with Gasteiger partial charge in [-0.05, 0) is 24.8 Å². The molecular formula is C24H24N2O8S. The fourth-order valence-corrected chi connectivity index (χ4v) is 5.25. The van der Waals surface area contributed by atoms with E-state index in [4.69, 9.17) is 14.2 Å². The molecule has 3 atom stereocenters. The predicted octanol–water partition coefficient (Wildman–Crippen LogP) is 2.52. The van der Waals surface area contributed by atoms with Crippen molar-refractivity contribution in [3.05, 3.63) is 57.1 Å². The Hall–Kier alpha value is -3.60. The Morgan fingerprint density at radius 1 is 1.20 bits per heavy atom. The molecule has 0 saturated carbocycles. The Labute approximate surface area is 205 Å². The minimum atomic E-state index is -1.21. The fraction of sp³-hybridized carbons (Fsp3) is 0.375. The van der Waals surface area contributed by atoms with Gasteiger partial charge in [-0.15, -0.1) is 0 Å². The van der Waals surface area contributed by atoms with E-state index >= 15 is 0 Å². The Bertz CT molecular complexity index is 1170. The molecule has 1 N–H and O–H groups in total. The van der Waals surface area contributed by atoms with Gasteiger partial charge < -0.3 is 24.4 Å². The average molecular weight is 501 g/mol. The number of β-lactam (4-membered cyclic amide) rings is 1. The summed E-state index contributed by atoms with van der Waals surface area (Å²) in [5.74, 6) is -2.71. The summed E-state index contributed by atoms with van der Waals surface area (Å²) < 4.78 is 15.7. The molecule has 1 aromatic carbocycles. The topological polar surface area (TPSA) is 128 Å². The van der Waals surface area contributed by atoms with Crippen LogP contribution in [-0.2, 0) is 33.4 Å². The maximum absolute atomic E-state index is 13.3. The van der Waals surface area contributed by atoms with Crippen LogP contribution < -0.4 is 5.32 Å². The summed E-state index contributed by atoms with van der Waals surface area (Å²) in [7, 11) is 0. The van der Waals surface area contributed by atoms with Gasteiger partial charge in [-0.25, -0.2) is 9.59 Å². The molecule has 4 rings (SSSR count). The third-order valence-corrected chi connectivity index (χ3v) is 6.91. The molecule has 3 heterocycles. The number of benzene rings is 1. The van der Waals surface area contributed by atoms with E-state index in [1.165, 1.54) is 30.5 Å². The number of allylic oxidation sites excluding steroid dienone is 1. The van der Waals surface area contributed by atoms with Crippen LogP contribution >= 0.6 is 11.8 Å². The highest BCUT2D eigenvalue weighted by Gasteiger charge is 2.55. The van der Waals surface area contributed by atoms with Crippen LogP contribution in [0.3, 0.4) is 0 Å². The van der Waals surface area contributed by atoms with Gasteiger partial charge in [-0.3, -0.25) is 14.4 Å². The highest BCUT2D eigenvalue weighted by atomic mass is 32.2. The maximum Gasteiger partial charge on any atom is 0.359 e. The molecule has 184 valence electrons. The van der Waals surface area contributed by atoms with Crippen LogP contribution in [0.5, 0.6) is 0 Å². The first-order valence-corrected chi connectivity index (χ1v) is 11.9. The molecule has 1 aromatic rings. The summed E-state index contributed by atoms with van der Waals surface area (Å²) in [5, 5.41) is 4.34. The number of hydrogen-bond donors (Lipinski definition) is 1. The van der Waals surface area contributed by atoms with Crippen molar-refractivity contribution >= 4 is 41.5 Å². The number of ether oxygens (including phenoxy) is 3. The SMILES string of the molecule is CC(=O)NC(C)=CSC1=C(C(=O)OC2OC(=O)c3ccccc32)N2C(=O)C(CCOC(C)=O)C2C1. The molecule has 1 saturated heterocycles. The second-order valence-electron chi connectivity index (χ2n) is 8.32. The van der Waals surface area contributed by atoms with Crippen LogP contribution in [0.2, 0.25) is 0 Å². The number of cyclic esters (lactones) is 1. The monoisotopic (exact) mass is 500 g/mol. The molecule has 3 aliphatic rings. The van der Waals surface area contributed by atoms with E-state index in [0.717, 1.165) is 0 Å². The maximum atomic E-state index is 13.3. The zero-order chi connectivity index (χ0) is 25.3. The van der Waals surface area contributed by atoms with E-state index < -0.39 is 30.1 Å². The minimum absolute atomic E-state index is 0.0843. The molecule has 0 aliphatic carbocycles. The molecule has 0 aromatic heterocycles. The van der Waals surface area contributed by atoms with Crippen molar-refractivity contribution in [3.63, 3.8) is 0 Å². The summed E-state index contributed by atoms with van der Waals surface area (Å²) in [6.07, 6.45) is -0.471. The molecular weight excluding hydrogens is 476 g/mol. The summed E-state index contributed by atoms with van der Waals surface area (Å²) >= 11 is 1.21. The van der Waals surface area contributed by atoms with E-state index in [0.29, 0.717) is 34.6 Å². The predicted molar refractivity (Wildman–Crippen MR) is 123 cm³/mol. The second-order valence-corrected chi connectivity index (χ2v) is 9.28. The number of hydrogen-bond acceptors (Lipinski definition) is 9. The molecule has 0 bridgehead atoms. The third-order valence-electron chi connectivity index (χ3n) is 5.79. The van der Waals surface area contributed by atoms with E-state index in [2.05, 4.69) is 5.32 Å². The van der Waals surface area contributed by atoms with Gasteiger partial charge in [-0.2, -0.15) is 0 Å². The minimum Gasteiger partial charge on any atom is -0.466 e. The molecule has 0 radical (unpaired) electrons. The van der Waals surface area contributed by atoms with Gasteiger partial charge in [0.25, 0.3) is 6.29 Å². The number of nitrogens with zero attached hydrogens (tertiary/aromatic N) is 1. The summed E-state index contributed by atoms with van der Waals surface area (Å²) in [4.78, 5) is 62.7. The van der Waals surface area contributed by atoms with Crippen LogP contribution in [-0.4, -0.2) is 47.3 Å². The van der Waals surface area contributed by atoms with E-state index in [1.807, 2.05) is 0 Å². The lowest BCUT2D eigenvalue weighted by molar-refractivity contribution is -0.170. The quantitative estimate of drug-likeness (QED) is 0.423. The zero-order valence-corrected chi connectivity index (χ0v) is 20.2. The summed E-state index contributed by atoms with van der Waals surface area (Å²) in [5.41, 5.74) is 1.41. The number of esters is 3. The lowest BCUT2D eigenvalue weighted by atomic mass is 9.85. The van der Waals surface area contributed by atoms with Gasteiger partial charge in [0.1, 0.15) is 5.70 Å². The Morgan fingerprint density at radius 2 is 1.94 bits per heavy atom. The zero-order valence-electron chi connectivity index (χ0n) is 19.4. The Balaban J connectivity index is 1.55. The van der Waals surface area contributed by atoms with Crippen LogP contribution in [0.15, 0.2) is 46.0 Å². The number of fused-ring (bicyclic) bond motifs is 2. The number of rotatable bonds is 8. The van der Waals surface area contributed by atoms with Gasteiger partial charge in [0.05, 0.1) is 24.1 Å². The molecule has 11 heteroatoms. The molecule has 2 amide bonds. The number of carbonyl (C=O) groups is 5. The van der Waals surface area contributed by atoms with Crippen molar-refractivity contribution in [3.8, 4) is 0 Å². The standard InChI is InChI=1S/C24H24N2O8S/c1-12(25-13(2)27)11-35-19-10-18-17(8-9-32-14(3)28)21(29)26(18)20(19)23(31)34-24-16-7-5-4-6-15(16)22(30)33-24/h4-7,11,17-18,24H,8-10H2,1-3H3,(H,25,27). The smallest absolute Gasteiger partial charge is 0.359 e. The van der Waals surface area contributed by atoms with Gasteiger partial charge in [0.15, 0.2) is 0 Å². The molecule has 3 aliphatic heterocycles. The number of carbonyl (C=O) groups excluding carboxylic acids is 5. The number of amides is 2. The fourth-order valence-electron chi connectivity index (χ4n) is 4.32. The van der Waals surface area contributed by atoms with Gasteiger partial charge in [-0.1, -0.05) is 30.0 Å². The van der Waals surface area contributed by atoms with Crippen LogP contribution in [0.25, 0.3) is 0 Å². The highest BCUT2D eigenvalue weighted by molar-refractivity contribution is 8.05. The molecule has 3 unspecified atom stereocenters. The van der Waals surface area contributed by atoms with Crippen molar-refractivity contribution in [1.29, 1.82) is 0 Å². The van der Waals surface area contributed by atoms with Gasteiger partial charge in [0, 0.05) is 36.4 Å². The lowest BCUT2D eigenvalue weighted by Crippen LogP contribution is -2.58. The first-order chi connectivity index (χ1) is 16.7. The van der Waals surface area contributed by atoms with Crippen LogP contribution in [0.4, 0.5) is 0 Å². The molecule has 0 spiro atoms. The molecule has 10 nitrogen and oxygen atoms in total. The van der Waals surface area contributed by atoms with E-state index in [-0.39, 0.29) is 30.2 Å². The van der Waals surface area contributed by atoms with Gasteiger partial charge >= 0.3 is 17.9 Å². The normalized spacial score (nSPS) is 22.8. The first-order valence-electron chi connectivity index (χ1n) is 11.0. The van der Waals surface area contributed by atoms with Crippen molar-refractivity contribution < 1.29 is 38.2 Å². The van der Waals surface area contributed by atoms with Crippen molar-refractivity contribution in [2.24, 2.45) is 5.92 Å². The summed E-state index contributed by atoms with van der Waals surface area (Å²) in [6.45, 7) is 4.50. The van der Waals surface area contributed by atoms with Crippen molar-refractivity contribution in [2.75, 3.05) is 6.61 Å². The van der Waals surface area contributed by atoms with E-state index in [1.54, 1.807) is 36.6 Å². The van der Waals surface area contributed by atoms with Gasteiger partial charge in [0.2, 0.25) is 11.8 Å². The van der Waals surface area contributed by atoms with E-state index in [9.17, 15) is 24.0 Å². The first kappa shape index (κ1) is 24.5. The van der Waals surface area contributed by atoms with Crippen LogP contribution in [0, 0.1) is 5.92 Å². The largest absolute Gasteiger partial charge is 0.466 e. The second kappa shape index (κ2) is 9.95. The Kier molecular flexibility index (Phi) is 6.97. The molecule has 35 heavy (non-hydrogen) atoms. The summed E-state index contributed by atoms with van der Waals surface area (Å²) in [6, 6.07) is 6.33. The average Bonchev–Trinajstić information content (AvgIpc) is 3.30. The molecule has 1 fully saturated rings. The number of nitrogens with one attached hydrogen (secondary N) is 1. The lowest BCUT2D eigenvalue weighted by Gasteiger charge is -2.43. The highest BCUT2D eigenvalue weighted by Crippen LogP contribution is 2.48. The third kappa shape index (κ3) is 4.95. The Morgan fingerprint density at radius 3 is 2.66 bits per heavy atom. The van der Waals surface area contributed by atoms with Crippen LogP contribution in [0.1, 0.15) is 55.8 Å².